The Hall–Kier alpha value is -1.52. The van der Waals surface area contributed by atoms with Gasteiger partial charge in [0.15, 0.2) is 0 Å². The molecule has 2 aromatic rings. The van der Waals surface area contributed by atoms with E-state index in [1.807, 2.05) is 18.2 Å². The maximum Gasteiger partial charge on any atom is 0.205 e. The van der Waals surface area contributed by atoms with E-state index in [0.717, 1.165) is 5.52 Å². The van der Waals surface area contributed by atoms with Crippen LogP contribution in [0.2, 0.25) is 0 Å². The van der Waals surface area contributed by atoms with Crippen molar-refractivity contribution in [3.8, 4) is 0 Å². The fourth-order valence-corrected chi connectivity index (χ4v) is 1.19. The first-order valence-electron chi connectivity index (χ1n) is 4.24. The molecular weight excluding hydrogens is 180 g/mol. The summed E-state index contributed by atoms with van der Waals surface area (Å²) in [5, 5.41) is 18.6. The number of benzene rings is 1. The average Bonchev–Trinajstić information content (AvgIpc) is 2.16. The van der Waals surface area contributed by atoms with Crippen molar-refractivity contribution in [2.75, 3.05) is 0 Å². The number of fused-ring (bicyclic) bond motifs is 1. The quantitative estimate of drug-likeness (QED) is 0.652. The van der Waals surface area contributed by atoms with Crippen molar-refractivity contribution in [3.63, 3.8) is 0 Å². The minimum absolute atomic E-state index is 0.149. The molecule has 0 aliphatic carbocycles. The molecule has 0 unspecified atom stereocenters. The molecule has 0 fully saturated rings. The average molecular weight is 190 g/mol. The summed E-state index contributed by atoms with van der Waals surface area (Å²) in [5.41, 5.74) is 1.54. The lowest BCUT2D eigenvalue weighted by Crippen LogP contribution is -2.21. The molecule has 4 heteroatoms. The van der Waals surface area contributed by atoms with Gasteiger partial charge in [0, 0.05) is 0 Å². The molecule has 1 aromatic heterocycles. The summed E-state index contributed by atoms with van der Waals surface area (Å²) >= 11 is 0. The first-order chi connectivity index (χ1) is 6.57. The Morgan fingerprint density at radius 1 is 1.14 bits per heavy atom. The van der Waals surface area contributed by atoms with Gasteiger partial charge in [0.2, 0.25) is 5.79 Å². The number of para-hydroxylation sites is 2. The second-order valence-electron chi connectivity index (χ2n) is 3.26. The third-order valence-electron chi connectivity index (χ3n) is 1.93. The smallest absolute Gasteiger partial charge is 0.205 e. The summed E-state index contributed by atoms with van der Waals surface area (Å²) in [6, 6.07) is 7.27. The highest BCUT2D eigenvalue weighted by Gasteiger charge is 2.20. The predicted octanol–water partition coefficient (Wildman–Crippen LogP) is 0.787. The van der Waals surface area contributed by atoms with E-state index in [9.17, 15) is 10.2 Å². The Bertz CT molecular complexity index is 463. The second kappa shape index (κ2) is 3.01. The van der Waals surface area contributed by atoms with Gasteiger partial charge in [-0.25, -0.2) is 4.98 Å². The zero-order valence-corrected chi connectivity index (χ0v) is 7.68. The summed E-state index contributed by atoms with van der Waals surface area (Å²) in [4.78, 5) is 8.15. The van der Waals surface area contributed by atoms with Gasteiger partial charge in [-0.3, -0.25) is 4.98 Å². The fourth-order valence-electron chi connectivity index (χ4n) is 1.19. The number of hydrogen-bond donors (Lipinski definition) is 2. The van der Waals surface area contributed by atoms with Crippen LogP contribution in [0.5, 0.6) is 0 Å². The van der Waals surface area contributed by atoms with E-state index < -0.39 is 5.79 Å². The summed E-state index contributed by atoms with van der Waals surface area (Å²) in [5.74, 6) is -1.93. The van der Waals surface area contributed by atoms with Crippen molar-refractivity contribution >= 4 is 11.0 Å². The molecule has 0 radical (unpaired) electrons. The van der Waals surface area contributed by atoms with Crippen LogP contribution in [0.25, 0.3) is 11.0 Å². The minimum atomic E-state index is -1.93. The predicted molar refractivity (Wildman–Crippen MR) is 51.3 cm³/mol. The topological polar surface area (TPSA) is 66.2 Å². The summed E-state index contributed by atoms with van der Waals surface area (Å²) < 4.78 is 0. The van der Waals surface area contributed by atoms with E-state index in [-0.39, 0.29) is 5.69 Å². The van der Waals surface area contributed by atoms with Crippen molar-refractivity contribution in [1.29, 1.82) is 0 Å². The molecule has 1 aromatic carbocycles. The van der Waals surface area contributed by atoms with Crippen LogP contribution in [0.4, 0.5) is 0 Å². The molecule has 2 N–H and O–H groups in total. The summed E-state index contributed by atoms with van der Waals surface area (Å²) in [7, 11) is 0. The molecule has 0 bridgehead atoms. The molecule has 2 rings (SSSR count). The van der Waals surface area contributed by atoms with Crippen LogP contribution in [0, 0.1) is 0 Å². The second-order valence-corrected chi connectivity index (χ2v) is 3.26. The van der Waals surface area contributed by atoms with Crippen LogP contribution in [-0.2, 0) is 5.79 Å². The van der Waals surface area contributed by atoms with Crippen LogP contribution < -0.4 is 0 Å². The SMILES string of the molecule is CC(O)(O)c1cnc2ccccc2n1. The lowest BCUT2D eigenvalue weighted by Gasteiger charge is -2.14. The van der Waals surface area contributed by atoms with E-state index >= 15 is 0 Å². The molecule has 72 valence electrons. The van der Waals surface area contributed by atoms with E-state index in [1.54, 1.807) is 6.07 Å². The lowest BCUT2D eigenvalue weighted by molar-refractivity contribution is -0.155. The van der Waals surface area contributed by atoms with E-state index in [2.05, 4.69) is 9.97 Å². The van der Waals surface area contributed by atoms with Crippen molar-refractivity contribution in [2.45, 2.75) is 12.7 Å². The molecule has 0 aliphatic heterocycles. The van der Waals surface area contributed by atoms with Gasteiger partial charge in [-0.15, -0.1) is 0 Å². The molecule has 14 heavy (non-hydrogen) atoms. The zero-order chi connectivity index (χ0) is 10.2. The third-order valence-corrected chi connectivity index (χ3v) is 1.93. The number of hydrogen-bond acceptors (Lipinski definition) is 4. The first kappa shape index (κ1) is 9.05. The normalized spacial score (nSPS) is 11.9. The van der Waals surface area contributed by atoms with Gasteiger partial charge >= 0.3 is 0 Å². The van der Waals surface area contributed by atoms with E-state index in [0.29, 0.717) is 5.52 Å². The summed E-state index contributed by atoms with van der Waals surface area (Å²) in [6.45, 7) is 1.26. The van der Waals surface area contributed by atoms with Crippen molar-refractivity contribution in [2.24, 2.45) is 0 Å². The number of aliphatic hydroxyl groups is 2. The number of aromatic nitrogens is 2. The Morgan fingerprint density at radius 3 is 2.43 bits per heavy atom. The molecule has 4 nitrogen and oxygen atoms in total. The van der Waals surface area contributed by atoms with Crippen LogP contribution >= 0.6 is 0 Å². The first-order valence-corrected chi connectivity index (χ1v) is 4.24. The Labute approximate surface area is 80.9 Å². The lowest BCUT2D eigenvalue weighted by atomic mass is 10.2. The number of rotatable bonds is 1. The highest BCUT2D eigenvalue weighted by molar-refractivity contribution is 5.73. The highest BCUT2D eigenvalue weighted by atomic mass is 16.5. The fraction of sp³-hybridized carbons (Fsp3) is 0.200. The molecule has 0 saturated heterocycles. The molecule has 0 amide bonds. The maximum absolute atomic E-state index is 9.30. The van der Waals surface area contributed by atoms with Gasteiger partial charge in [-0.05, 0) is 19.1 Å². The molecule has 0 saturated carbocycles. The monoisotopic (exact) mass is 190 g/mol. The van der Waals surface area contributed by atoms with Gasteiger partial charge < -0.3 is 10.2 Å². The largest absolute Gasteiger partial charge is 0.361 e. The molecule has 1 heterocycles. The van der Waals surface area contributed by atoms with Crippen LogP contribution in [0.1, 0.15) is 12.6 Å². The Balaban J connectivity index is 2.63. The van der Waals surface area contributed by atoms with Gasteiger partial charge in [-0.1, -0.05) is 12.1 Å². The van der Waals surface area contributed by atoms with Crippen LogP contribution in [0.15, 0.2) is 30.5 Å². The Kier molecular flexibility index (Phi) is 1.94. The molecular formula is C10H10N2O2. The van der Waals surface area contributed by atoms with Crippen molar-refractivity contribution in [3.05, 3.63) is 36.2 Å². The van der Waals surface area contributed by atoms with E-state index in [1.165, 1.54) is 13.1 Å². The maximum atomic E-state index is 9.30. The van der Waals surface area contributed by atoms with E-state index in [4.69, 9.17) is 0 Å². The highest BCUT2D eigenvalue weighted by Crippen LogP contribution is 2.16. The standard InChI is InChI=1S/C10H10N2O2/c1-10(13,14)9-6-11-7-4-2-3-5-8(7)12-9/h2-6,13-14H,1H3. The molecule has 0 aliphatic rings. The van der Waals surface area contributed by atoms with Gasteiger partial charge in [-0.2, -0.15) is 0 Å². The molecule has 0 spiro atoms. The van der Waals surface area contributed by atoms with Crippen LogP contribution in [-0.4, -0.2) is 20.2 Å². The third kappa shape index (κ3) is 1.57. The van der Waals surface area contributed by atoms with Crippen LogP contribution in [0.3, 0.4) is 0 Å². The van der Waals surface area contributed by atoms with Gasteiger partial charge in [0.05, 0.1) is 17.2 Å². The molecule has 0 atom stereocenters. The van der Waals surface area contributed by atoms with Gasteiger partial charge in [0.1, 0.15) is 5.69 Å². The summed E-state index contributed by atoms with van der Waals surface area (Å²) in [6.07, 6.45) is 1.36. The Morgan fingerprint density at radius 2 is 1.79 bits per heavy atom. The van der Waals surface area contributed by atoms with Gasteiger partial charge in [0.25, 0.3) is 0 Å². The van der Waals surface area contributed by atoms with Crippen molar-refractivity contribution < 1.29 is 10.2 Å². The zero-order valence-electron chi connectivity index (χ0n) is 7.68. The minimum Gasteiger partial charge on any atom is -0.361 e. The number of nitrogens with zero attached hydrogens (tertiary/aromatic N) is 2. The van der Waals surface area contributed by atoms with Crippen molar-refractivity contribution in [1.82, 2.24) is 9.97 Å².